The molecule has 1 aromatic heterocycles. The molecule has 1 aliphatic rings. The van der Waals surface area contributed by atoms with E-state index in [0.717, 1.165) is 39.1 Å². The van der Waals surface area contributed by atoms with Crippen molar-refractivity contribution < 1.29 is 4.74 Å². The Hall–Kier alpha value is -0.710. The highest BCUT2D eigenvalue weighted by Gasteiger charge is 2.03. The van der Waals surface area contributed by atoms with Gasteiger partial charge in [0.1, 0.15) is 0 Å². The molecule has 0 amide bonds. The fraction of sp³-hybridized carbons (Fsp3) is 0.583. The Bertz CT molecular complexity index is 360. The highest BCUT2D eigenvalue weighted by atomic mass is 32.1. The van der Waals surface area contributed by atoms with E-state index >= 15 is 0 Å². The Morgan fingerprint density at radius 2 is 2.50 bits per heavy atom. The minimum atomic E-state index is 0.795. The molecule has 0 saturated carbocycles. The molecule has 1 N–H and O–H groups in total. The van der Waals surface area contributed by atoms with Gasteiger partial charge in [-0.3, -0.25) is 0 Å². The lowest BCUT2D eigenvalue weighted by Crippen LogP contribution is -2.23. The highest BCUT2D eigenvalue weighted by Crippen LogP contribution is 2.11. The molecule has 1 aromatic rings. The normalized spacial score (nSPS) is 16.2. The molecule has 0 radical (unpaired) electrons. The first-order chi connectivity index (χ1) is 7.84. The first-order valence-electron chi connectivity index (χ1n) is 5.72. The van der Waals surface area contributed by atoms with Crippen molar-refractivity contribution in [2.75, 3.05) is 26.3 Å². The van der Waals surface area contributed by atoms with Crippen LogP contribution in [0, 0.1) is 6.92 Å². The molecule has 2 rings (SSSR count). The van der Waals surface area contributed by atoms with E-state index in [1.165, 1.54) is 15.5 Å². The standard InChI is InChI=1S/C12H18N2OS/c1-10-7-14-12(16-10)4-5-13-8-11-3-2-6-15-9-11/h3,7,13H,2,4-6,8-9H2,1H3. The second-order valence-corrected chi connectivity index (χ2v) is 5.31. The van der Waals surface area contributed by atoms with Gasteiger partial charge in [0.05, 0.1) is 18.2 Å². The van der Waals surface area contributed by atoms with E-state index in [-0.39, 0.29) is 0 Å². The monoisotopic (exact) mass is 238 g/mol. The predicted molar refractivity (Wildman–Crippen MR) is 66.9 cm³/mol. The number of rotatable bonds is 5. The summed E-state index contributed by atoms with van der Waals surface area (Å²) in [5.74, 6) is 0. The molecule has 0 unspecified atom stereocenters. The summed E-state index contributed by atoms with van der Waals surface area (Å²) >= 11 is 1.78. The van der Waals surface area contributed by atoms with Crippen LogP contribution in [-0.2, 0) is 11.2 Å². The molecule has 88 valence electrons. The molecular formula is C12H18N2OS. The third-order valence-electron chi connectivity index (χ3n) is 2.52. The Morgan fingerprint density at radius 3 is 3.19 bits per heavy atom. The zero-order valence-electron chi connectivity index (χ0n) is 9.66. The molecule has 0 fully saturated rings. The van der Waals surface area contributed by atoms with Crippen LogP contribution in [0.1, 0.15) is 16.3 Å². The first-order valence-corrected chi connectivity index (χ1v) is 6.54. The number of nitrogens with one attached hydrogen (secondary N) is 1. The van der Waals surface area contributed by atoms with Crippen molar-refractivity contribution in [2.45, 2.75) is 19.8 Å². The highest BCUT2D eigenvalue weighted by molar-refractivity contribution is 7.11. The van der Waals surface area contributed by atoms with Gasteiger partial charge < -0.3 is 10.1 Å². The molecule has 0 spiro atoms. The fourth-order valence-electron chi connectivity index (χ4n) is 1.69. The van der Waals surface area contributed by atoms with Crippen LogP contribution in [0.5, 0.6) is 0 Å². The van der Waals surface area contributed by atoms with Crippen LogP contribution in [0.25, 0.3) is 0 Å². The van der Waals surface area contributed by atoms with Crippen molar-refractivity contribution in [1.29, 1.82) is 0 Å². The summed E-state index contributed by atoms with van der Waals surface area (Å²) < 4.78 is 5.38. The van der Waals surface area contributed by atoms with Gasteiger partial charge in [0.15, 0.2) is 0 Å². The van der Waals surface area contributed by atoms with E-state index in [2.05, 4.69) is 23.3 Å². The summed E-state index contributed by atoms with van der Waals surface area (Å²) in [5.41, 5.74) is 1.38. The zero-order valence-corrected chi connectivity index (χ0v) is 10.5. The van der Waals surface area contributed by atoms with Crippen LogP contribution in [0.15, 0.2) is 17.8 Å². The van der Waals surface area contributed by atoms with Crippen LogP contribution < -0.4 is 5.32 Å². The van der Waals surface area contributed by atoms with E-state index in [1.54, 1.807) is 11.3 Å². The number of ether oxygens (including phenoxy) is 1. The minimum absolute atomic E-state index is 0.795. The van der Waals surface area contributed by atoms with Gasteiger partial charge in [-0.05, 0) is 18.9 Å². The summed E-state index contributed by atoms with van der Waals surface area (Å²) in [7, 11) is 0. The number of aryl methyl sites for hydroxylation is 1. The van der Waals surface area contributed by atoms with Crippen molar-refractivity contribution >= 4 is 11.3 Å². The second-order valence-electron chi connectivity index (χ2n) is 4.00. The van der Waals surface area contributed by atoms with Gasteiger partial charge in [0, 0.05) is 30.6 Å². The summed E-state index contributed by atoms with van der Waals surface area (Å²) in [5, 5.41) is 4.65. The second kappa shape index (κ2) is 6.13. The predicted octanol–water partition coefficient (Wildman–Crippen LogP) is 1.93. The van der Waals surface area contributed by atoms with Gasteiger partial charge in [-0.25, -0.2) is 4.98 Å². The average molecular weight is 238 g/mol. The maximum Gasteiger partial charge on any atom is 0.0940 e. The third kappa shape index (κ3) is 3.70. The number of aromatic nitrogens is 1. The molecular weight excluding hydrogens is 220 g/mol. The van der Waals surface area contributed by atoms with Crippen LogP contribution in [-0.4, -0.2) is 31.3 Å². The van der Waals surface area contributed by atoms with E-state index in [4.69, 9.17) is 4.74 Å². The van der Waals surface area contributed by atoms with E-state index in [1.807, 2.05) is 6.20 Å². The number of thiazole rings is 1. The van der Waals surface area contributed by atoms with E-state index in [0.29, 0.717) is 0 Å². The van der Waals surface area contributed by atoms with Crippen LogP contribution in [0.3, 0.4) is 0 Å². The Balaban J connectivity index is 1.63. The Kier molecular flexibility index (Phi) is 4.51. The number of nitrogens with zero attached hydrogens (tertiary/aromatic N) is 1. The molecule has 3 nitrogen and oxygen atoms in total. The molecule has 4 heteroatoms. The van der Waals surface area contributed by atoms with Crippen molar-refractivity contribution in [3.05, 3.63) is 27.7 Å². The summed E-state index contributed by atoms with van der Waals surface area (Å²) in [6.45, 7) is 5.71. The van der Waals surface area contributed by atoms with Crippen molar-refractivity contribution in [3.63, 3.8) is 0 Å². The van der Waals surface area contributed by atoms with Gasteiger partial charge in [-0.15, -0.1) is 11.3 Å². The number of hydrogen-bond donors (Lipinski definition) is 1. The van der Waals surface area contributed by atoms with Gasteiger partial charge in [0.2, 0.25) is 0 Å². The Morgan fingerprint density at radius 1 is 1.56 bits per heavy atom. The van der Waals surface area contributed by atoms with E-state index in [9.17, 15) is 0 Å². The Labute approximate surface area is 101 Å². The number of hydrogen-bond acceptors (Lipinski definition) is 4. The lowest BCUT2D eigenvalue weighted by atomic mass is 10.2. The summed E-state index contributed by atoms with van der Waals surface area (Å²) in [6.07, 6.45) is 6.30. The maximum atomic E-state index is 5.38. The van der Waals surface area contributed by atoms with Crippen LogP contribution >= 0.6 is 11.3 Å². The van der Waals surface area contributed by atoms with Crippen molar-refractivity contribution in [3.8, 4) is 0 Å². The average Bonchev–Trinajstić information content (AvgIpc) is 2.72. The van der Waals surface area contributed by atoms with Crippen LogP contribution in [0.2, 0.25) is 0 Å². The quantitative estimate of drug-likeness (QED) is 0.629. The molecule has 0 bridgehead atoms. The topological polar surface area (TPSA) is 34.2 Å². The first kappa shape index (κ1) is 11.8. The molecule has 2 heterocycles. The maximum absolute atomic E-state index is 5.38. The lowest BCUT2D eigenvalue weighted by molar-refractivity contribution is 0.149. The van der Waals surface area contributed by atoms with Gasteiger partial charge in [0.25, 0.3) is 0 Å². The largest absolute Gasteiger partial charge is 0.377 e. The fourth-order valence-corrected chi connectivity index (χ4v) is 2.48. The summed E-state index contributed by atoms with van der Waals surface area (Å²) in [6, 6.07) is 0. The lowest BCUT2D eigenvalue weighted by Gasteiger charge is -2.13. The van der Waals surface area contributed by atoms with Gasteiger partial charge in [-0.1, -0.05) is 6.08 Å². The molecule has 0 atom stereocenters. The molecule has 1 aliphatic heterocycles. The summed E-state index contributed by atoms with van der Waals surface area (Å²) in [4.78, 5) is 5.63. The van der Waals surface area contributed by atoms with Gasteiger partial charge >= 0.3 is 0 Å². The molecule has 0 aromatic carbocycles. The smallest absolute Gasteiger partial charge is 0.0940 e. The molecule has 0 saturated heterocycles. The van der Waals surface area contributed by atoms with Crippen LogP contribution in [0.4, 0.5) is 0 Å². The van der Waals surface area contributed by atoms with Gasteiger partial charge in [-0.2, -0.15) is 0 Å². The molecule has 0 aliphatic carbocycles. The van der Waals surface area contributed by atoms with E-state index < -0.39 is 0 Å². The minimum Gasteiger partial charge on any atom is -0.377 e. The third-order valence-corrected chi connectivity index (χ3v) is 3.49. The van der Waals surface area contributed by atoms with Crippen molar-refractivity contribution in [1.82, 2.24) is 10.3 Å². The SMILES string of the molecule is Cc1cnc(CCNCC2=CCCOC2)s1. The van der Waals surface area contributed by atoms with Crippen molar-refractivity contribution in [2.24, 2.45) is 0 Å². The zero-order chi connectivity index (χ0) is 11.2. The molecule has 16 heavy (non-hydrogen) atoms.